The number of carbonyl (C=O) groups is 2. The minimum absolute atomic E-state index is 0.0863. The topological polar surface area (TPSA) is 129 Å². The van der Waals surface area contributed by atoms with Gasteiger partial charge >= 0.3 is 12.1 Å². The Labute approximate surface area is 203 Å². The fraction of sp³-hybridized carbons (Fsp3) is 0.680. The molecule has 0 heterocycles. The van der Waals surface area contributed by atoms with Crippen LogP contribution in [0.15, 0.2) is 18.2 Å². The first kappa shape index (κ1) is 29.8. The molecule has 0 radical (unpaired) electrons. The number of amides is 1. The highest BCUT2D eigenvalue weighted by Gasteiger charge is 2.27. The SMILES string of the molecule is Cc1ccc([C@H](O)N(CCO)CCO)c(C[C@@H](CC(=O)OC(C)(C)C)NC(=O)OC(C)(C)C)c1. The molecule has 1 rings (SSSR count). The number of alkyl carbamates (subject to hydrolysis) is 1. The molecule has 2 atom stereocenters. The first-order valence-corrected chi connectivity index (χ1v) is 11.6. The van der Waals surface area contributed by atoms with Crippen LogP contribution >= 0.6 is 0 Å². The summed E-state index contributed by atoms with van der Waals surface area (Å²) < 4.78 is 10.8. The summed E-state index contributed by atoms with van der Waals surface area (Å²) in [6.45, 7) is 12.5. The van der Waals surface area contributed by atoms with Gasteiger partial charge in [-0.2, -0.15) is 0 Å². The van der Waals surface area contributed by atoms with E-state index in [2.05, 4.69) is 5.32 Å². The van der Waals surface area contributed by atoms with Crippen LogP contribution in [0, 0.1) is 6.92 Å². The summed E-state index contributed by atoms with van der Waals surface area (Å²) in [6, 6.07) is 4.85. The highest BCUT2D eigenvalue weighted by Crippen LogP contribution is 2.25. The minimum Gasteiger partial charge on any atom is -0.460 e. The van der Waals surface area contributed by atoms with Crippen molar-refractivity contribution in [1.29, 1.82) is 0 Å². The first-order valence-electron chi connectivity index (χ1n) is 11.6. The van der Waals surface area contributed by atoms with Gasteiger partial charge in [0, 0.05) is 19.1 Å². The lowest BCUT2D eigenvalue weighted by molar-refractivity contribution is -0.155. The number of ether oxygens (including phenoxy) is 2. The quantitative estimate of drug-likeness (QED) is 0.280. The summed E-state index contributed by atoms with van der Waals surface area (Å²) in [5.74, 6) is -0.467. The maximum atomic E-state index is 12.6. The Morgan fingerprint density at radius 2 is 1.56 bits per heavy atom. The van der Waals surface area contributed by atoms with Gasteiger partial charge in [-0.15, -0.1) is 0 Å². The average Bonchev–Trinajstić information content (AvgIpc) is 2.64. The Hall–Kier alpha value is -2.20. The third-order valence-corrected chi connectivity index (χ3v) is 4.72. The van der Waals surface area contributed by atoms with E-state index >= 15 is 0 Å². The number of aryl methyl sites for hydroxylation is 1. The van der Waals surface area contributed by atoms with Gasteiger partial charge in [0.1, 0.15) is 17.4 Å². The molecule has 0 aliphatic heterocycles. The summed E-state index contributed by atoms with van der Waals surface area (Å²) in [4.78, 5) is 26.6. The van der Waals surface area contributed by atoms with Crippen molar-refractivity contribution in [3.8, 4) is 0 Å². The van der Waals surface area contributed by atoms with E-state index < -0.39 is 35.5 Å². The van der Waals surface area contributed by atoms with Crippen LogP contribution in [-0.2, 0) is 20.7 Å². The largest absolute Gasteiger partial charge is 0.460 e. The predicted molar refractivity (Wildman–Crippen MR) is 129 cm³/mol. The van der Waals surface area contributed by atoms with Crippen molar-refractivity contribution in [2.24, 2.45) is 0 Å². The van der Waals surface area contributed by atoms with Crippen molar-refractivity contribution < 1.29 is 34.4 Å². The van der Waals surface area contributed by atoms with E-state index in [9.17, 15) is 24.9 Å². The van der Waals surface area contributed by atoms with E-state index in [1.807, 2.05) is 19.1 Å². The molecule has 1 aromatic carbocycles. The van der Waals surface area contributed by atoms with Crippen LogP contribution < -0.4 is 5.32 Å². The molecular formula is C25H42N2O7. The summed E-state index contributed by atoms with van der Waals surface area (Å²) in [5, 5.41) is 32.5. The van der Waals surface area contributed by atoms with Gasteiger partial charge in [-0.1, -0.05) is 23.8 Å². The molecule has 0 unspecified atom stereocenters. The number of carbonyl (C=O) groups excluding carboxylic acids is 2. The number of rotatable bonds is 11. The van der Waals surface area contributed by atoms with Crippen molar-refractivity contribution >= 4 is 12.1 Å². The van der Waals surface area contributed by atoms with Crippen molar-refractivity contribution in [3.63, 3.8) is 0 Å². The number of hydrogen-bond donors (Lipinski definition) is 4. The maximum Gasteiger partial charge on any atom is 0.407 e. The van der Waals surface area contributed by atoms with Crippen molar-refractivity contribution in [1.82, 2.24) is 10.2 Å². The van der Waals surface area contributed by atoms with E-state index in [1.165, 1.54) is 0 Å². The molecule has 0 saturated carbocycles. The summed E-state index contributed by atoms with van der Waals surface area (Å²) in [7, 11) is 0. The number of benzene rings is 1. The fourth-order valence-electron chi connectivity index (χ4n) is 3.47. The van der Waals surface area contributed by atoms with Gasteiger partial charge < -0.3 is 30.1 Å². The third-order valence-electron chi connectivity index (χ3n) is 4.72. The van der Waals surface area contributed by atoms with Crippen LogP contribution in [0.5, 0.6) is 0 Å². The molecule has 0 aliphatic carbocycles. The Kier molecular flexibility index (Phi) is 11.4. The lowest BCUT2D eigenvalue weighted by atomic mass is 9.95. The Balaban J connectivity index is 3.24. The van der Waals surface area contributed by atoms with Crippen molar-refractivity contribution in [2.45, 2.75) is 84.8 Å². The zero-order valence-corrected chi connectivity index (χ0v) is 21.6. The number of nitrogens with zero attached hydrogens (tertiary/aromatic N) is 1. The monoisotopic (exact) mass is 482 g/mol. The number of esters is 1. The number of aliphatic hydroxyl groups is 3. The molecule has 0 saturated heterocycles. The molecule has 0 bridgehead atoms. The lowest BCUT2D eigenvalue weighted by Gasteiger charge is -2.30. The smallest absolute Gasteiger partial charge is 0.407 e. The molecule has 0 fully saturated rings. The van der Waals surface area contributed by atoms with Crippen LogP contribution in [0.25, 0.3) is 0 Å². The van der Waals surface area contributed by atoms with Crippen LogP contribution in [0.4, 0.5) is 4.79 Å². The molecule has 4 N–H and O–H groups in total. The molecule has 34 heavy (non-hydrogen) atoms. The first-order chi connectivity index (χ1) is 15.6. The van der Waals surface area contributed by atoms with Gasteiger partial charge in [0.05, 0.1) is 19.6 Å². The molecule has 1 amide bonds. The summed E-state index contributed by atoms with van der Waals surface area (Å²) in [5.41, 5.74) is 0.842. The van der Waals surface area contributed by atoms with Gasteiger partial charge in [-0.25, -0.2) is 4.79 Å². The molecule has 9 heteroatoms. The fourth-order valence-corrected chi connectivity index (χ4v) is 3.47. The Bertz CT molecular complexity index is 763. The third kappa shape index (κ3) is 11.3. The van der Waals surface area contributed by atoms with E-state index in [-0.39, 0.29) is 39.1 Å². The van der Waals surface area contributed by atoms with Gasteiger partial charge in [-0.3, -0.25) is 9.69 Å². The van der Waals surface area contributed by atoms with Crippen LogP contribution in [0.2, 0.25) is 0 Å². The predicted octanol–water partition coefficient (Wildman–Crippen LogP) is 2.44. The second-order valence-electron chi connectivity index (χ2n) is 10.4. The second kappa shape index (κ2) is 13.0. The average molecular weight is 483 g/mol. The van der Waals surface area contributed by atoms with Crippen LogP contribution in [0.1, 0.15) is 70.9 Å². The highest BCUT2D eigenvalue weighted by molar-refractivity contribution is 5.73. The zero-order valence-electron chi connectivity index (χ0n) is 21.6. The number of nitrogens with one attached hydrogen (secondary N) is 1. The van der Waals surface area contributed by atoms with Gasteiger partial charge in [0.2, 0.25) is 0 Å². The molecule has 0 aromatic heterocycles. The van der Waals surface area contributed by atoms with Crippen molar-refractivity contribution in [3.05, 3.63) is 34.9 Å². The Morgan fingerprint density at radius 1 is 1.00 bits per heavy atom. The van der Waals surface area contributed by atoms with E-state index in [1.54, 1.807) is 52.5 Å². The van der Waals surface area contributed by atoms with E-state index in [0.717, 1.165) is 11.1 Å². The van der Waals surface area contributed by atoms with Crippen LogP contribution in [-0.4, -0.2) is 75.8 Å². The van der Waals surface area contributed by atoms with E-state index in [4.69, 9.17) is 9.47 Å². The van der Waals surface area contributed by atoms with Crippen molar-refractivity contribution in [2.75, 3.05) is 26.3 Å². The normalized spacial score (nSPS) is 14.0. The molecule has 0 aliphatic rings. The molecule has 194 valence electrons. The number of aliphatic hydroxyl groups excluding tert-OH is 3. The maximum absolute atomic E-state index is 12.6. The van der Waals surface area contributed by atoms with Gasteiger partial charge in [0.25, 0.3) is 0 Å². The zero-order chi connectivity index (χ0) is 26.1. The summed E-state index contributed by atoms with van der Waals surface area (Å²) in [6.07, 6.45) is -1.59. The van der Waals surface area contributed by atoms with E-state index in [0.29, 0.717) is 5.56 Å². The molecule has 0 spiro atoms. The van der Waals surface area contributed by atoms with Crippen LogP contribution in [0.3, 0.4) is 0 Å². The Morgan fingerprint density at radius 3 is 2.06 bits per heavy atom. The minimum atomic E-state index is -1.08. The molecule has 1 aromatic rings. The highest BCUT2D eigenvalue weighted by atomic mass is 16.6. The van der Waals surface area contributed by atoms with Gasteiger partial charge in [-0.05, 0) is 66.0 Å². The lowest BCUT2D eigenvalue weighted by Crippen LogP contribution is -2.42. The molecular weight excluding hydrogens is 440 g/mol. The summed E-state index contributed by atoms with van der Waals surface area (Å²) >= 11 is 0. The molecule has 9 nitrogen and oxygen atoms in total. The second-order valence-corrected chi connectivity index (χ2v) is 10.4. The standard InChI is InChI=1S/C25H42N2O7/c1-17-8-9-20(22(31)27(10-12-28)11-13-29)18(14-17)15-19(16-21(30)33-24(2,3)4)26-23(32)34-25(5,6)7/h8-9,14,19,22,28-29,31H,10-13,15-16H2,1-7H3,(H,26,32)/t19-,22-/m0/s1. The number of hydrogen-bond acceptors (Lipinski definition) is 8. The van der Waals surface area contributed by atoms with Gasteiger partial charge in [0.15, 0.2) is 0 Å².